The lowest BCUT2D eigenvalue weighted by molar-refractivity contribution is 0.0949. The maximum Gasteiger partial charge on any atom is 0.251 e. The molecule has 1 aromatic heterocycles. The van der Waals surface area contributed by atoms with Crippen LogP contribution in [0.3, 0.4) is 0 Å². The summed E-state index contributed by atoms with van der Waals surface area (Å²) in [4.78, 5) is 17.3. The maximum absolute atomic E-state index is 12.6. The minimum atomic E-state index is -0.194. The summed E-state index contributed by atoms with van der Waals surface area (Å²) >= 11 is 6.01. The van der Waals surface area contributed by atoms with Crippen LogP contribution >= 0.6 is 11.6 Å². The Hall–Kier alpha value is -3.57. The molecule has 1 amide bonds. The first-order valence-corrected chi connectivity index (χ1v) is 10.8. The molecule has 0 spiro atoms. The van der Waals surface area contributed by atoms with Gasteiger partial charge < -0.3 is 14.6 Å². The molecule has 162 valence electrons. The Morgan fingerprint density at radius 1 is 1.09 bits per heavy atom. The number of carbonyl (C=O) groups is 1. The second-order valence-electron chi connectivity index (χ2n) is 7.31. The Morgan fingerprint density at radius 2 is 1.91 bits per heavy atom. The van der Waals surface area contributed by atoms with Crippen molar-refractivity contribution in [1.82, 2.24) is 14.9 Å². The fraction of sp³-hybridized carbons (Fsp3) is 0.154. The number of carbonyl (C=O) groups excluding carboxylic acids is 1. The molecule has 0 fully saturated rings. The number of halogens is 1. The summed E-state index contributed by atoms with van der Waals surface area (Å²) in [6, 6.07) is 22.8. The molecule has 0 unspecified atom stereocenters. The normalized spacial score (nSPS) is 10.8. The summed E-state index contributed by atoms with van der Waals surface area (Å²) in [5.41, 5.74) is 3.50. The van der Waals surface area contributed by atoms with Gasteiger partial charge in [-0.1, -0.05) is 54.1 Å². The molecule has 0 aliphatic rings. The Balaban J connectivity index is 1.49. The van der Waals surface area contributed by atoms with E-state index in [2.05, 4.69) is 16.5 Å². The van der Waals surface area contributed by atoms with E-state index in [4.69, 9.17) is 21.3 Å². The standard InChI is InChI=1S/C26H24ClN3O2/c1-2-8-19-9-3-6-14-24(19)32-16-15-30-23-13-5-4-12-22(23)29-25(30)18-28-26(31)20-10-7-11-21(27)17-20/h2-7,9-14,17H,1,8,15-16,18H2,(H,28,31). The van der Waals surface area contributed by atoms with Crippen LogP contribution in [-0.4, -0.2) is 22.1 Å². The molecule has 32 heavy (non-hydrogen) atoms. The Labute approximate surface area is 192 Å². The number of benzene rings is 3. The van der Waals surface area contributed by atoms with Crippen LogP contribution in [0.2, 0.25) is 5.02 Å². The fourth-order valence-electron chi connectivity index (χ4n) is 3.62. The van der Waals surface area contributed by atoms with Gasteiger partial charge in [-0.05, 0) is 48.4 Å². The molecular formula is C26H24ClN3O2. The van der Waals surface area contributed by atoms with Crippen LogP contribution in [0.4, 0.5) is 0 Å². The van der Waals surface area contributed by atoms with E-state index in [0.29, 0.717) is 30.3 Å². The summed E-state index contributed by atoms with van der Waals surface area (Å²) < 4.78 is 8.16. The molecule has 0 aliphatic heterocycles. The number of rotatable bonds is 9. The van der Waals surface area contributed by atoms with Crippen molar-refractivity contribution in [1.29, 1.82) is 0 Å². The SMILES string of the molecule is C=CCc1ccccc1OCCn1c(CNC(=O)c2cccc(Cl)c2)nc2ccccc21. The molecule has 4 rings (SSSR count). The van der Waals surface area contributed by atoms with Crippen molar-refractivity contribution < 1.29 is 9.53 Å². The van der Waals surface area contributed by atoms with Gasteiger partial charge in [0.25, 0.3) is 5.91 Å². The maximum atomic E-state index is 12.6. The topological polar surface area (TPSA) is 56.1 Å². The molecule has 0 saturated carbocycles. The van der Waals surface area contributed by atoms with Gasteiger partial charge in [-0.3, -0.25) is 4.79 Å². The lowest BCUT2D eigenvalue weighted by atomic mass is 10.1. The molecule has 3 aromatic carbocycles. The monoisotopic (exact) mass is 445 g/mol. The summed E-state index contributed by atoms with van der Waals surface area (Å²) in [5.74, 6) is 1.43. The molecule has 0 atom stereocenters. The highest BCUT2D eigenvalue weighted by Gasteiger charge is 2.13. The molecule has 1 N–H and O–H groups in total. The van der Waals surface area contributed by atoms with E-state index < -0.39 is 0 Å². The highest BCUT2D eigenvalue weighted by atomic mass is 35.5. The van der Waals surface area contributed by atoms with Gasteiger partial charge in [0, 0.05) is 10.6 Å². The van der Waals surface area contributed by atoms with Crippen molar-refractivity contribution in [2.45, 2.75) is 19.5 Å². The van der Waals surface area contributed by atoms with Crippen molar-refractivity contribution in [3.05, 3.63) is 107 Å². The number of allylic oxidation sites excluding steroid dienone is 1. The molecule has 6 heteroatoms. The lowest BCUT2D eigenvalue weighted by Crippen LogP contribution is -2.25. The fourth-order valence-corrected chi connectivity index (χ4v) is 3.81. The number of hydrogen-bond acceptors (Lipinski definition) is 3. The molecule has 5 nitrogen and oxygen atoms in total. The predicted octanol–water partition coefficient (Wildman–Crippen LogP) is 5.43. The van der Waals surface area contributed by atoms with Crippen LogP contribution in [0, 0.1) is 0 Å². The number of aromatic nitrogens is 2. The second kappa shape index (κ2) is 10.2. The third kappa shape index (κ3) is 5.01. The van der Waals surface area contributed by atoms with E-state index in [9.17, 15) is 4.79 Å². The number of hydrogen-bond donors (Lipinski definition) is 1. The van der Waals surface area contributed by atoms with Crippen LogP contribution in [0.5, 0.6) is 5.75 Å². The number of nitrogens with one attached hydrogen (secondary N) is 1. The third-order valence-electron chi connectivity index (χ3n) is 5.14. The van der Waals surface area contributed by atoms with Crippen LogP contribution in [-0.2, 0) is 19.5 Å². The van der Waals surface area contributed by atoms with Gasteiger partial charge in [-0.25, -0.2) is 4.98 Å². The van der Waals surface area contributed by atoms with Gasteiger partial charge in [0.15, 0.2) is 0 Å². The molecule has 1 heterocycles. The number of fused-ring (bicyclic) bond motifs is 1. The lowest BCUT2D eigenvalue weighted by Gasteiger charge is -2.13. The van der Waals surface area contributed by atoms with Crippen molar-refractivity contribution in [2.75, 3.05) is 6.61 Å². The highest BCUT2D eigenvalue weighted by Crippen LogP contribution is 2.20. The predicted molar refractivity (Wildman–Crippen MR) is 128 cm³/mol. The highest BCUT2D eigenvalue weighted by molar-refractivity contribution is 6.30. The molecule has 0 radical (unpaired) electrons. The quantitative estimate of drug-likeness (QED) is 0.349. The zero-order chi connectivity index (χ0) is 22.3. The summed E-state index contributed by atoms with van der Waals surface area (Å²) in [6.07, 6.45) is 2.62. The smallest absolute Gasteiger partial charge is 0.251 e. The number of imidazole rings is 1. The van der Waals surface area contributed by atoms with Gasteiger partial charge >= 0.3 is 0 Å². The number of para-hydroxylation sites is 3. The van der Waals surface area contributed by atoms with E-state index in [1.54, 1.807) is 24.3 Å². The van der Waals surface area contributed by atoms with Gasteiger partial charge in [-0.15, -0.1) is 6.58 Å². The van der Waals surface area contributed by atoms with Gasteiger partial charge in [0.05, 0.1) is 24.1 Å². The van der Waals surface area contributed by atoms with Gasteiger partial charge in [-0.2, -0.15) is 0 Å². The van der Waals surface area contributed by atoms with E-state index in [0.717, 1.165) is 34.6 Å². The van der Waals surface area contributed by atoms with Crippen molar-refractivity contribution >= 4 is 28.5 Å². The summed E-state index contributed by atoms with van der Waals surface area (Å²) in [5, 5.41) is 3.47. The van der Waals surface area contributed by atoms with Crippen LogP contribution in [0.1, 0.15) is 21.7 Å². The number of amides is 1. The minimum Gasteiger partial charge on any atom is -0.491 e. The number of ether oxygens (including phenoxy) is 1. The molecular weight excluding hydrogens is 422 g/mol. The Bertz CT molecular complexity index is 1250. The molecule has 4 aromatic rings. The molecule has 0 bridgehead atoms. The van der Waals surface area contributed by atoms with Crippen LogP contribution in [0.15, 0.2) is 85.5 Å². The number of nitrogens with zero attached hydrogens (tertiary/aromatic N) is 2. The van der Waals surface area contributed by atoms with Crippen molar-refractivity contribution in [3.63, 3.8) is 0 Å². The second-order valence-corrected chi connectivity index (χ2v) is 7.75. The average Bonchev–Trinajstić information content (AvgIpc) is 3.16. The van der Waals surface area contributed by atoms with Crippen molar-refractivity contribution in [2.24, 2.45) is 0 Å². The third-order valence-corrected chi connectivity index (χ3v) is 5.37. The zero-order valence-corrected chi connectivity index (χ0v) is 18.4. The molecule has 0 saturated heterocycles. The first-order valence-electron chi connectivity index (χ1n) is 10.4. The summed E-state index contributed by atoms with van der Waals surface area (Å²) in [7, 11) is 0. The first-order chi connectivity index (χ1) is 15.7. The van der Waals surface area contributed by atoms with E-state index in [1.807, 2.05) is 54.6 Å². The Morgan fingerprint density at radius 3 is 2.75 bits per heavy atom. The van der Waals surface area contributed by atoms with Crippen molar-refractivity contribution in [3.8, 4) is 5.75 Å². The van der Waals surface area contributed by atoms with Crippen LogP contribution in [0.25, 0.3) is 11.0 Å². The first kappa shape index (κ1) is 21.7. The zero-order valence-electron chi connectivity index (χ0n) is 17.6. The largest absolute Gasteiger partial charge is 0.491 e. The van der Waals surface area contributed by atoms with Gasteiger partial charge in [0.2, 0.25) is 0 Å². The van der Waals surface area contributed by atoms with E-state index in [-0.39, 0.29) is 5.91 Å². The van der Waals surface area contributed by atoms with E-state index in [1.165, 1.54) is 0 Å². The average molecular weight is 446 g/mol. The summed E-state index contributed by atoms with van der Waals surface area (Å²) in [6.45, 7) is 5.19. The Kier molecular flexibility index (Phi) is 6.87. The molecule has 0 aliphatic carbocycles. The van der Waals surface area contributed by atoms with E-state index >= 15 is 0 Å². The minimum absolute atomic E-state index is 0.194. The van der Waals surface area contributed by atoms with Crippen LogP contribution < -0.4 is 10.1 Å². The van der Waals surface area contributed by atoms with Gasteiger partial charge in [0.1, 0.15) is 18.2 Å².